The standard InChI is InChI=1S/C14H11FN2S/c1-18-13-4-2-3-12(8-13)17-14-6-5-11(15)7-10(14)9-16/h2-8,17H,1H3. The number of benzene rings is 2. The van der Waals surface area contributed by atoms with E-state index in [1.165, 1.54) is 12.1 Å². The van der Waals surface area contributed by atoms with E-state index >= 15 is 0 Å². The van der Waals surface area contributed by atoms with Crippen molar-refractivity contribution in [3.63, 3.8) is 0 Å². The number of thioether (sulfide) groups is 1. The van der Waals surface area contributed by atoms with Gasteiger partial charge in [-0.2, -0.15) is 5.26 Å². The molecule has 0 heterocycles. The largest absolute Gasteiger partial charge is 0.354 e. The van der Waals surface area contributed by atoms with E-state index in [-0.39, 0.29) is 0 Å². The van der Waals surface area contributed by atoms with Crippen LogP contribution in [0, 0.1) is 17.1 Å². The molecule has 18 heavy (non-hydrogen) atoms. The Balaban J connectivity index is 2.31. The predicted octanol–water partition coefficient (Wildman–Crippen LogP) is 4.16. The summed E-state index contributed by atoms with van der Waals surface area (Å²) in [6.45, 7) is 0. The number of nitriles is 1. The van der Waals surface area contributed by atoms with Crippen molar-refractivity contribution in [3.8, 4) is 6.07 Å². The third-order valence-electron chi connectivity index (χ3n) is 2.45. The lowest BCUT2D eigenvalue weighted by Gasteiger charge is -2.09. The molecule has 0 aliphatic carbocycles. The molecule has 2 nitrogen and oxygen atoms in total. The highest BCUT2D eigenvalue weighted by Gasteiger charge is 2.04. The fourth-order valence-corrected chi connectivity index (χ4v) is 2.03. The first-order valence-corrected chi connectivity index (χ1v) is 6.56. The number of halogens is 1. The monoisotopic (exact) mass is 258 g/mol. The highest BCUT2D eigenvalue weighted by atomic mass is 32.2. The van der Waals surface area contributed by atoms with Crippen molar-refractivity contribution in [2.24, 2.45) is 0 Å². The number of hydrogen-bond donors (Lipinski definition) is 1. The van der Waals surface area contributed by atoms with E-state index in [9.17, 15) is 4.39 Å². The average molecular weight is 258 g/mol. The van der Waals surface area contributed by atoms with E-state index in [4.69, 9.17) is 5.26 Å². The first kappa shape index (κ1) is 12.5. The Morgan fingerprint density at radius 1 is 1.22 bits per heavy atom. The Labute approximate surface area is 109 Å². The topological polar surface area (TPSA) is 35.8 Å². The van der Waals surface area contributed by atoms with Crippen molar-refractivity contribution in [3.05, 3.63) is 53.8 Å². The molecule has 0 aromatic heterocycles. The third kappa shape index (κ3) is 2.82. The molecule has 0 aliphatic rings. The van der Waals surface area contributed by atoms with Crippen LogP contribution in [0.3, 0.4) is 0 Å². The van der Waals surface area contributed by atoms with Crippen molar-refractivity contribution < 1.29 is 4.39 Å². The van der Waals surface area contributed by atoms with Crippen molar-refractivity contribution >= 4 is 23.1 Å². The molecule has 0 fully saturated rings. The number of nitrogens with one attached hydrogen (secondary N) is 1. The number of anilines is 2. The summed E-state index contributed by atoms with van der Waals surface area (Å²) in [5.74, 6) is -0.407. The summed E-state index contributed by atoms with van der Waals surface area (Å²) in [6, 6.07) is 13.9. The molecule has 0 bridgehead atoms. The zero-order valence-electron chi connectivity index (χ0n) is 9.77. The van der Waals surface area contributed by atoms with Crippen LogP contribution in [0.25, 0.3) is 0 Å². The first-order chi connectivity index (χ1) is 8.72. The van der Waals surface area contributed by atoms with Gasteiger partial charge >= 0.3 is 0 Å². The number of rotatable bonds is 3. The molecule has 0 aliphatic heterocycles. The Hall–Kier alpha value is -1.99. The predicted molar refractivity (Wildman–Crippen MR) is 72.6 cm³/mol. The zero-order chi connectivity index (χ0) is 13.0. The Morgan fingerprint density at radius 2 is 2.06 bits per heavy atom. The summed E-state index contributed by atoms with van der Waals surface area (Å²) in [5, 5.41) is 12.1. The van der Waals surface area contributed by atoms with Crippen LogP contribution in [-0.2, 0) is 0 Å². The summed E-state index contributed by atoms with van der Waals surface area (Å²) >= 11 is 1.64. The Kier molecular flexibility index (Phi) is 3.85. The van der Waals surface area contributed by atoms with Gasteiger partial charge in [0.25, 0.3) is 0 Å². The van der Waals surface area contributed by atoms with Crippen molar-refractivity contribution in [1.29, 1.82) is 5.26 Å². The maximum Gasteiger partial charge on any atom is 0.124 e. The van der Waals surface area contributed by atoms with Gasteiger partial charge in [-0.05, 0) is 42.7 Å². The lowest BCUT2D eigenvalue weighted by Crippen LogP contribution is -1.94. The minimum absolute atomic E-state index is 0.296. The number of nitrogens with zero attached hydrogens (tertiary/aromatic N) is 1. The van der Waals surface area contributed by atoms with Crippen LogP contribution in [0.15, 0.2) is 47.4 Å². The Bertz CT molecular complexity index is 605. The number of hydrogen-bond acceptors (Lipinski definition) is 3. The van der Waals surface area contributed by atoms with Gasteiger partial charge in [-0.1, -0.05) is 6.07 Å². The minimum Gasteiger partial charge on any atom is -0.354 e. The molecule has 0 saturated heterocycles. The summed E-state index contributed by atoms with van der Waals surface area (Å²) in [4.78, 5) is 1.13. The van der Waals surface area contributed by atoms with Crippen molar-refractivity contribution in [1.82, 2.24) is 0 Å². The van der Waals surface area contributed by atoms with Gasteiger partial charge in [0.05, 0.1) is 11.3 Å². The molecular weight excluding hydrogens is 247 g/mol. The molecule has 2 aromatic rings. The maximum absolute atomic E-state index is 13.0. The summed E-state index contributed by atoms with van der Waals surface area (Å²) < 4.78 is 13.0. The highest BCUT2D eigenvalue weighted by molar-refractivity contribution is 7.98. The maximum atomic E-state index is 13.0. The van der Waals surface area contributed by atoms with Crippen LogP contribution in [-0.4, -0.2) is 6.26 Å². The molecule has 0 amide bonds. The van der Waals surface area contributed by atoms with E-state index < -0.39 is 5.82 Å². The average Bonchev–Trinajstić information content (AvgIpc) is 2.41. The molecular formula is C14H11FN2S. The summed E-state index contributed by atoms with van der Waals surface area (Å²) in [6.07, 6.45) is 2.00. The van der Waals surface area contributed by atoms with E-state index in [2.05, 4.69) is 5.32 Å². The minimum atomic E-state index is -0.407. The second-order valence-electron chi connectivity index (χ2n) is 3.66. The van der Waals surface area contributed by atoms with Crippen LogP contribution in [0.2, 0.25) is 0 Å². The van der Waals surface area contributed by atoms with Crippen LogP contribution in [0.5, 0.6) is 0 Å². The SMILES string of the molecule is CSc1cccc(Nc2ccc(F)cc2C#N)c1. The van der Waals surface area contributed by atoms with E-state index in [1.54, 1.807) is 17.8 Å². The van der Waals surface area contributed by atoms with Gasteiger partial charge in [0.1, 0.15) is 11.9 Å². The summed E-state index contributed by atoms with van der Waals surface area (Å²) in [5.41, 5.74) is 1.78. The van der Waals surface area contributed by atoms with E-state index in [1.807, 2.05) is 36.6 Å². The van der Waals surface area contributed by atoms with E-state index in [0.717, 1.165) is 10.6 Å². The van der Waals surface area contributed by atoms with Crippen LogP contribution >= 0.6 is 11.8 Å². The molecule has 2 rings (SSSR count). The molecule has 90 valence electrons. The van der Waals surface area contributed by atoms with Crippen LogP contribution < -0.4 is 5.32 Å². The third-order valence-corrected chi connectivity index (χ3v) is 3.18. The van der Waals surface area contributed by atoms with E-state index in [0.29, 0.717) is 11.3 Å². The fourth-order valence-electron chi connectivity index (χ4n) is 1.57. The van der Waals surface area contributed by atoms with Gasteiger partial charge in [-0.3, -0.25) is 0 Å². The lowest BCUT2D eigenvalue weighted by molar-refractivity contribution is 0.627. The van der Waals surface area contributed by atoms with Gasteiger partial charge in [0.15, 0.2) is 0 Å². The molecule has 0 atom stereocenters. The highest BCUT2D eigenvalue weighted by Crippen LogP contribution is 2.24. The zero-order valence-corrected chi connectivity index (χ0v) is 10.6. The second kappa shape index (κ2) is 5.56. The molecule has 4 heteroatoms. The fraction of sp³-hybridized carbons (Fsp3) is 0.0714. The van der Waals surface area contributed by atoms with Gasteiger partial charge in [0, 0.05) is 10.6 Å². The van der Waals surface area contributed by atoms with Crippen LogP contribution in [0.4, 0.5) is 15.8 Å². The van der Waals surface area contributed by atoms with Gasteiger partial charge in [-0.15, -0.1) is 11.8 Å². The Morgan fingerprint density at radius 3 is 2.78 bits per heavy atom. The molecule has 2 aromatic carbocycles. The molecule has 0 unspecified atom stereocenters. The first-order valence-electron chi connectivity index (χ1n) is 5.33. The van der Waals surface area contributed by atoms with Crippen LogP contribution in [0.1, 0.15) is 5.56 Å². The normalized spacial score (nSPS) is 9.83. The quantitative estimate of drug-likeness (QED) is 0.839. The molecule has 0 saturated carbocycles. The van der Waals surface area contributed by atoms with Gasteiger partial charge < -0.3 is 5.32 Å². The van der Waals surface area contributed by atoms with Crippen molar-refractivity contribution in [2.75, 3.05) is 11.6 Å². The molecule has 1 N–H and O–H groups in total. The second-order valence-corrected chi connectivity index (χ2v) is 4.54. The van der Waals surface area contributed by atoms with Gasteiger partial charge in [0.2, 0.25) is 0 Å². The summed E-state index contributed by atoms with van der Waals surface area (Å²) in [7, 11) is 0. The molecule has 0 radical (unpaired) electrons. The smallest absolute Gasteiger partial charge is 0.124 e. The van der Waals surface area contributed by atoms with Crippen molar-refractivity contribution in [2.45, 2.75) is 4.90 Å². The molecule has 0 spiro atoms. The van der Waals surface area contributed by atoms with Gasteiger partial charge in [-0.25, -0.2) is 4.39 Å². The lowest BCUT2D eigenvalue weighted by atomic mass is 10.2.